The van der Waals surface area contributed by atoms with Gasteiger partial charge < -0.3 is 14.6 Å². The van der Waals surface area contributed by atoms with Crippen molar-refractivity contribution in [1.82, 2.24) is 19.9 Å². The van der Waals surface area contributed by atoms with Crippen LogP contribution in [0, 0.1) is 17.8 Å². The molecule has 2 heterocycles. The van der Waals surface area contributed by atoms with E-state index in [1.54, 1.807) is 11.3 Å². The highest BCUT2D eigenvalue weighted by molar-refractivity contribution is 7.10. The summed E-state index contributed by atoms with van der Waals surface area (Å²) in [6.07, 6.45) is 10.3. The Labute approximate surface area is 211 Å². The summed E-state index contributed by atoms with van der Waals surface area (Å²) in [5.41, 5.74) is 3.09. The molecule has 0 unspecified atom stereocenters. The zero-order chi connectivity index (χ0) is 24.4. The van der Waals surface area contributed by atoms with Gasteiger partial charge in [0.1, 0.15) is 16.4 Å². The average molecular weight is 493 g/mol. The van der Waals surface area contributed by atoms with Crippen LogP contribution in [0.25, 0.3) is 16.6 Å². The van der Waals surface area contributed by atoms with Crippen molar-refractivity contribution < 1.29 is 9.53 Å². The van der Waals surface area contributed by atoms with Crippen molar-refractivity contribution in [3.8, 4) is 0 Å². The lowest BCUT2D eigenvalue weighted by molar-refractivity contribution is -0.176. The number of benzene rings is 1. The summed E-state index contributed by atoms with van der Waals surface area (Å²) in [6, 6.07) is 8.18. The van der Waals surface area contributed by atoms with Crippen molar-refractivity contribution in [2.75, 3.05) is 20.1 Å². The number of allylic oxidation sites excluding steroid dienone is 1. The van der Waals surface area contributed by atoms with Gasteiger partial charge in [0.05, 0.1) is 17.0 Å². The summed E-state index contributed by atoms with van der Waals surface area (Å²) in [5, 5.41) is 3.18. The summed E-state index contributed by atoms with van der Waals surface area (Å²) in [4.78, 5) is 27.8. The Morgan fingerprint density at radius 3 is 2.86 bits per heavy atom. The summed E-state index contributed by atoms with van der Waals surface area (Å²) >= 11 is 1.71. The Hall–Kier alpha value is -2.51. The normalized spacial score (nSPS) is 23.9. The Morgan fingerprint density at radius 1 is 1.29 bits per heavy atom. The van der Waals surface area contributed by atoms with Crippen molar-refractivity contribution in [3.63, 3.8) is 0 Å². The quantitative estimate of drug-likeness (QED) is 0.366. The molecule has 0 amide bonds. The number of rotatable bonds is 10. The van der Waals surface area contributed by atoms with Gasteiger partial charge >= 0.3 is 5.97 Å². The number of aromatic nitrogens is 3. The maximum atomic E-state index is 12.8. The maximum Gasteiger partial charge on any atom is 0.308 e. The van der Waals surface area contributed by atoms with Gasteiger partial charge in [-0.25, -0.2) is 9.97 Å². The lowest BCUT2D eigenvalue weighted by Crippen LogP contribution is -2.51. The lowest BCUT2D eigenvalue weighted by Gasteiger charge is -2.50. The highest BCUT2D eigenvalue weighted by Gasteiger charge is 2.50. The van der Waals surface area contributed by atoms with Crippen LogP contribution in [0.1, 0.15) is 56.8 Å². The second kappa shape index (κ2) is 10.2. The predicted molar refractivity (Wildman–Crippen MR) is 141 cm³/mol. The molecule has 3 aliphatic rings. The molecule has 0 spiro atoms. The van der Waals surface area contributed by atoms with Gasteiger partial charge in [0.25, 0.3) is 0 Å². The molecule has 6 rings (SSSR count). The number of fused-ring (bicyclic) bond motifs is 3. The van der Waals surface area contributed by atoms with E-state index in [0.29, 0.717) is 5.92 Å². The first-order chi connectivity index (χ1) is 16.9. The van der Waals surface area contributed by atoms with Crippen molar-refractivity contribution in [1.29, 1.82) is 0 Å². The highest BCUT2D eigenvalue weighted by atomic mass is 32.1. The number of H-pyrrole nitrogens is 1. The monoisotopic (exact) mass is 492 g/mol. The first kappa shape index (κ1) is 24.2. The van der Waals surface area contributed by atoms with E-state index in [0.717, 1.165) is 73.5 Å². The molecule has 2 bridgehead atoms. The van der Waals surface area contributed by atoms with Crippen LogP contribution >= 0.6 is 11.3 Å². The maximum absolute atomic E-state index is 12.8. The van der Waals surface area contributed by atoms with Crippen molar-refractivity contribution in [2.45, 2.75) is 58.0 Å². The van der Waals surface area contributed by atoms with E-state index in [-0.39, 0.29) is 17.8 Å². The van der Waals surface area contributed by atoms with Crippen molar-refractivity contribution >= 4 is 33.9 Å². The smallest absolute Gasteiger partial charge is 0.308 e. The second-order valence-electron chi connectivity index (χ2n) is 10.5. The number of carbonyl (C=O) groups is 1. The van der Waals surface area contributed by atoms with Crippen LogP contribution < -0.4 is 0 Å². The molecular formula is C28H36N4O2S. The number of hydrogen-bond donors (Lipinski definition) is 1. The van der Waals surface area contributed by atoms with Crippen LogP contribution in [0.4, 0.5) is 0 Å². The number of nitrogens with one attached hydrogen (secondary N) is 1. The van der Waals surface area contributed by atoms with Crippen molar-refractivity contribution in [3.05, 3.63) is 52.8 Å². The molecular weight excluding hydrogens is 456 g/mol. The number of hydrogen-bond acceptors (Lipinski definition) is 6. The molecule has 1 fully saturated rings. The van der Waals surface area contributed by atoms with Gasteiger partial charge in [0.2, 0.25) is 0 Å². The summed E-state index contributed by atoms with van der Waals surface area (Å²) in [7, 11) is 2.18. The number of thiazole rings is 1. The molecule has 1 N–H and O–H groups in total. The molecule has 186 valence electrons. The molecule has 2 aromatic heterocycles. The van der Waals surface area contributed by atoms with Crippen molar-refractivity contribution in [2.24, 2.45) is 17.8 Å². The molecule has 0 saturated heterocycles. The van der Waals surface area contributed by atoms with Crippen LogP contribution in [0.2, 0.25) is 0 Å². The Balaban J connectivity index is 1.22. The van der Waals surface area contributed by atoms with E-state index < -0.39 is 5.60 Å². The Morgan fingerprint density at radius 2 is 2.14 bits per heavy atom. The topological polar surface area (TPSA) is 71.1 Å². The number of nitrogens with zero attached hydrogens (tertiary/aromatic N) is 3. The lowest BCUT2D eigenvalue weighted by atomic mass is 9.61. The van der Waals surface area contributed by atoms with Gasteiger partial charge in [-0.1, -0.05) is 32.1 Å². The van der Waals surface area contributed by atoms with Gasteiger partial charge in [-0.15, -0.1) is 11.3 Å². The summed E-state index contributed by atoms with van der Waals surface area (Å²) < 4.78 is 6.36. The minimum atomic E-state index is -0.405. The molecule has 0 aliphatic heterocycles. The van der Waals surface area contributed by atoms with Gasteiger partial charge in [0, 0.05) is 36.9 Å². The number of ether oxygens (including phenoxy) is 1. The number of aryl methyl sites for hydroxylation is 1. The van der Waals surface area contributed by atoms with Crippen LogP contribution in [0.3, 0.4) is 0 Å². The molecule has 7 heteroatoms. The number of aromatic amines is 1. The van der Waals surface area contributed by atoms with Gasteiger partial charge in [-0.3, -0.25) is 4.79 Å². The highest BCUT2D eigenvalue weighted by Crippen LogP contribution is 2.53. The Kier molecular flexibility index (Phi) is 7.07. The molecule has 3 aliphatic carbocycles. The van der Waals surface area contributed by atoms with E-state index in [9.17, 15) is 4.79 Å². The van der Waals surface area contributed by atoms with Crippen LogP contribution in [-0.2, 0) is 16.0 Å². The average Bonchev–Trinajstić information content (AvgIpc) is 3.53. The molecule has 35 heavy (non-hydrogen) atoms. The third kappa shape index (κ3) is 5.21. The number of imidazole rings is 1. The SMILES string of the molecule is CC(C)C(=O)O[C@]1(CCN(C)CCCc2nc3ccccc3[nH]2)C[C@@H]2CC[C@H]1C=C2c1nccs1. The summed E-state index contributed by atoms with van der Waals surface area (Å²) in [5.74, 6) is 1.54. The fourth-order valence-corrected chi connectivity index (χ4v) is 6.43. The molecule has 6 nitrogen and oxygen atoms in total. The van der Waals surface area contributed by atoms with Crippen LogP contribution in [0.5, 0.6) is 0 Å². The summed E-state index contributed by atoms with van der Waals surface area (Å²) in [6.45, 7) is 5.75. The fraction of sp³-hybridized carbons (Fsp3) is 0.536. The predicted octanol–water partition coefficient (Wildman–Crippen LogP) is 5.73. The largest absolute Gasteiger partial charge is 0.458 e. The number of carbonyl (C=O) groups excluding carboxylic acids is 1. The molecule has 3 atom stereocenters. The minimum Gasteiger partial charge on any atom is -0.458 e. The first-order valence-electron chi connectivity index (χ1n) is 12.9. The third-order valence-corrected chi connectivity index (χ3v) is 8.50. The molecule has 3 aromatic rings. The molecule has 1 aromatic carbocycles. The zero-order valence-electron chi connectivity index (χ0n) is 21.0. The van der Waals surface area contributed by atoms with E-state index >= 15 is 0 Å². The number of esters is 1. The fourth-order valence-electron chi connectivity index (χ4n) is 5.69. The van der Waals surface area contributed by atoms with Gasteiger partial charge in [-0.2, -0.15) is 0 Å². The minimum absolute atomic E-state index is 0.0747. The molecule has 1 saturated carbocycles. The standard InChI is InChI=1S/C28H36N4O2S/c1-19(2)27(33)34-28(18-20-10-11-21(28)17-22(20)26-29-13-16-35-26)12-15-32(3)14-6-9-25-30-23-7-4-5-8-24(23)31-25/h4-5,7-8,13,16-17,19-21H,6,9-12,14-15,18H2,1-3H3,(H,30,31)/t20-,21-,28+/m0/s1. The first-order valence-corrected chi connectivity index (χ1v) is 13.8. The zero-order valence-corrected chi connectivity index (χ0v) is 21.8. The molecule has 0 radical (unpaired) electrons. The second-order valence-corrected chi connectivity index (χ2v) is 11.4. The van der Waals surface area contributed by atoms with E-state index in [1.807, 2.05) is 43.6 Å². The van der Waals surface area contributed by atoms with Gasteiger partial charge in [-0.05, 0) is 62.9 Å². The third-order valence-electron chi connectivity index (χ3n) is 7.68. The van der Waals surface area contributed by atoms with Crippen LogP contribution in [0.15, 0.2) is 41.9 Å². The van der Waals surface area contributed by atoms with Gasteiger partial charge in [0.15, 0.2) is 0 Å². The van der Waals surface area contributed by atoms with E-state index in [1.165, 1.54) is 5.57 Å². The van der Waals surface area contributed by atoms with Crippen LogP contribution in [-0.4, -0.2) is 51.6 Å². The number of para-hydroxylation sites is 2. The van der Waals surface area contributed by atoms with E-state index in [2.05, 4.69) is 34.1 Å². The Bertz CT molecular complexity index is 1150. The van der Waals surface area contributed by atoms with E-state index in [4.69, 9.17) is 9.72 Å².